The Morgan fingerprint density at radius 3 is 3.05 bits per heavy atom. The Kier molecular flexibility index (Phi) is 5.21. The van der Waals surface area contributed by atoms with Crippen LogP contribution in [0.4, 0.5) is 4.39 Å². The summed E-state index contributed by atoms with van der Waals surface area (Å²) in [5.74, 6) is -1.67. The maximum Gasteiger partial charge on any atom is 0.317 e. The fourth-order valence-corrected chi connectivity index (χ4v) is 2.52. The first-order chi connectivity index (χ1) is 10.1. The third-order valence-electron chi connectivity index (χ3n) is 3.52. The monoisotopic (exact) mass is 295 g/mol. The molecule has 2 heterocycles. The van der Waals surface area contributed by atoms with Gasteiger partial charge in [-0.25, -0.2) is 4.39 Å². The molecule has 2 rings (SSSR count). The number of pyridine rings is 1. The molecule has 0 bridgehead atoms. The van der Waals surface area contributed by atoms with Gasteiger partial charge in [0, 0.05) is 25.8 Å². The van der Waals surface area contributed by atoms with Crippen LogP contribution in [0.25, 0.3) is 0 Å². The van der Waals surface area contributed by atoms with Crippen molar-refractivity contribution in [1.82, 2.24) is 15.2 Å². The molecule has 1 aliphatic heterocycles. The average Bonchev–Trinajstić information content (AvgIpc) is 2.47. The molecule has 7 heteroatoms. The van der Waals surface area contributed by atoms with Crippen LogP contribution in [0.1, 0.15) is 23.2 Å². The van der Waals surface area contributed by atoms with Crippen molar-refractivity contribution in [3.8, 4) is 0 Å². The first-order valence-corrected chi connectivity index (χ1v) is 6.89. The number of piperidine rings is 1. The molecule has 1 amide bonds. The number of carbonyl (C=O) groups is 2. The summed E-state index contributed by atoms with van der Waals surface area (Å²) in [7, 11) is 0. The Labute approximate surface area is 122 Å². The Morgan fingerprint density at radius 2 is 2.33 bits per heavy atom. The van der Waals surface area contributed by atoms with E-state index in [0.29, 0.717) is 19.6 Å². The van der Waals surface area contributed by atoms with E-state index in [1.165, 1.54) is 12.3 Å². The number of nitrogens with one attached hydrogen (secondary N) is 1. The summed E-state index contributed by atoms with van der Waals surface area (Å²) in [6.07, 6.45) is 4.18. The van der Waals surface area contributed by atoms with E-state index in [9.17, 15) is 14.0 Å². The lowest BCUT2D eigenvalue weighted by atomic mass is 9.97. The van der Waals surface area contributed by atoms with Crippen LogP contribution in [-0.4, -0.2) is 53.0 Å². The predicted octanol–water partition coefficient (Wildman–Crippen LogP) is 0.747. The Bertz CT molecular complexity index is 524. The fourth-order valence-electron chi connectivity index (χ4n) is 2.52. The van der Waals surface area contributed by atoms with E-state index in [4.69, 9.17) is 5.11 Å². The molecule has 0 aromatic carbocycles. The zero-order chi connectivity index (χ0) is 15.2. The Hall–Kier alpha value is -2.02. The maximum absolute atomic E-state index is 13.6. The van der Waals surface area contributed by atoms with E-state index in [0.717, 1.165) is 19.0 Å². The highest BCUT2D eigenvalue weighted by Crippen LogP contribution is 2.19. The first kappa shape index (κ1) is 15.4. The van der Waals surface area contributed by atoms with Gasteiger partial charge >= 0.3 is 5.97 Å². The smallest absolute Gasteiger partial charge is 0.317 e. The fraction of sp³-hybridized carbons (Fsp3) is 0.500. The van der Waals surface area contributed by atoms with Gasteiger partial charge in [-0.05, 0) is 24.8 Å². The predicted molar refractivity (Wildman–Crippen MR) is 73.3 cm³/mol. The van der Waals surface area contributed by atoms with Crippen molar-refractivity contribution in [1.29, 1.82) is 0 Å². The number of rotatable bonds is 5. The number of likely N-dealkylation sites (tertiary alicyclic amines) is 1. The molecule has 1 aromatic heterocycles. The molecule has 1 saturated heterocycles. The molecule has 2 N–H and O–H groups in total. The highest BCUT2D eigenvalue weighted by atomic mass is 19.1. The second kappa shape index (κ2) is 7.12. The first-order valence-electron chi connectivity index (χ1n) is 6.89. The molecule has 1 aliphatic rings. The molecule has 0 radical (unpaired) electrons. The summed E-state index contributed by atoms with van der Waals surface area (Å²) in [6, 6.07) is 1.38. The molecular weight excluding hydrogens is 277 g/mol. The van der Waals surface area contributed by atoms with Crippen LogP contribution in [0.5, 0.6) is 0 Å². The molecule has 1 aromatic rings. The van der Waals surface area contributed by atoms with Crippen LogP contribution < -0.4 is 5.32 Å². The number of carboxylic acids is 1. The number of aliphatic carboxylic acids is 1. The molecule has 114 valence electrons. The molecule has 21 heavy (non-hydrogen) atoms. The van der Waals surface area contributed by atoms with E-state index in [1.54, 1.807) is 4.90 Å². The lowest BCUT2D eigenvalue weighted by Crippen LogP contribution is -2.43. The van der Waals surface area contributed by atoms with Crippen LogP contribution in [0.2, 0.25) is 0 Å². The van der Waals surface area contributed by atoms with Gasteiger partial charge in [0.2, 0.25) is 0 Å². The van der Waals surface area contributed by atoms with Gasteiger partial charge in [-0.2, -0.15) is 0 Å². The number of nitrogens with zero attached hydrogens (tertiary/aromatic N) is 2. The largest absolute Gasteiger partial charge is 0.480 e. The second-order valence-electron chi connectivity index (χ2n) is 5.14. The van der Waals surface area contributed by atoms with Crippen molar-refractivity contribution in [3.63, 3.8) is 0 Å². The van der Waals surface area contributed by atoms with Gasteiger partial charge in [0.15, 0.2) is 5.82 Å². The Balaban J connectivity index is 1.93. The van der Waals surface area contributed by atoms with Crippen molar-refractivity contribution in [2.24, 2.45) is 5.92 Å². The van der Waals surface area contributed by atoms with E-state index >= 15 is 0 Å². The molecule has 0 saturated carbocycles. The van der Waals surface area contributed by atoms with Gasteiger partial charge in [0.05, 0.1) is 18.3 Å². The minimum absolute atomic E-state index is 0.0316. The molecule has 1 fully saturated rings. The zero-order valence-corrected chi connectivity index (χ0v) is 11.6. The summed E-state index contributed by atoms with van der Waals surface area (Å²) in [5.41, 5.74) is 0.0316. The van der Waals surface area contributed by atoms with Crippen LogP contribution in [-0.2, 0) is 4.79 Å². The Morgan fingerprint density at radius 1 is 1.52 bits per heavy atom. The van der Waals surface area contributed by atoms with Gasteiger partial charge in [0.1, 0.15) is 0 Å². The number of carboxylic acid groups (broad SMARTS) is 1. The van der Waals surface area contributed by atoms with Gasteiger partial charge in [0.25, 0.3) is 5.91 Å². The maximum atomic E-state index is 13.6. The molecule has 6 nitrogen and oxygen atoms in total. The standard InChI is InChI=1S/C14H18FN3O3/c15-12-7-16-4-3-11(12)14(21)18-5-1-2-10(9-18)6-17-8-13(19)20/h3-4,7,10,17H,1-2,5-6,8-9H2,(H,19,20). The van der Waals surface area contributed by atoms with Crippen LogP contribution in [0.15, 0.2) is 18.5 Å². The van der Waals surface area contributed by atoms with Crippen molar-refractivity contribution >= 4 is 11.9 Å². The average molecular weight is 295 g/mol. The number of hydrogen-bond acceptors (Lipinski definition) is 4. The molecule has 1 atom stereocenters. The van der Waals surface area contributed by atoms with Crippen LogP contribution in [0.3, 0.4) is 0 Å². The van der Waals surface area contributed by atoms with Gasteiger partial charge in [-0.1, -0.05) is 0 Å². The lowest BCUT2D eigenvalue weighted by molar-refractivity contribution is -0.136. The lowest BCUT2D eigenvalue weighted by Gasteiger charge is -2.33. The molecule has 0 spiro atoms. The summed E-state index contributed by atoms with van der Waals surface area (Å²) >= 11 is 0. The van der Waals surface area contributed by atoms with Gasteiger partial charge < -0.3 is 15.3 Å². The normalized spacial score (nSPS) is 18.5. The topological polar surface area (TPSA) is 82.5 Å². The highest BCUT2D eigenvalue weighted by Gasteiger charge is 2.25. The number of carbonyl (C=O) groups excluding carboxylic acids is 1. The van der Waals surface area contributed by atoms with E-state index in [-0.39, 0.29) is 23.9 Å². The van der Waals surface area contributed by atoms with Crippen molar-refractivity contribution in [2.75, 3.05) is 26.2 Å². The summed E-state index contributed by atoms with van der Waals surface area (Å²) < 4.78 is 13.6. The van der Waals surface area contributed by atoms with E-state index < -0.39 is 11.8 Å². The zero-order valence-electron chi connectivity index (χ0n) is 11.6. The summed E-state index contributed by atoms with van der Waals surface area (Å²) in [4.78, 5) is 28.0. The second-order valence-corrected chi connectivity index (χ2v) is 5.14. The van der Waals surface area contributed by atoms with E-state index in [2.05, 4.69) is 10.3 Å². The number of aromatic nitrogens is 1. The van der Waals surface area contributed by atoms with Gasteiger partial charge in [-0.3, -0.25) is 14.6 Å². The number of hydrogen-bond donors (Lipinski definition) is 2. The SMILES string of the molecule is O=C(O)CNCC1CCCN(C(=O)c2ccncc2F)C1. The third kappa shape index (κ3) is 4.22. The molecule has 0 aliphatic carbocycles. The van der Waals surface area contributed by atoms with Crippen LogP contribution in [0, 0.1) is 11.7 Å². The quantitative estimate of drug-likeness (QED) is 0.837. The van der Waals surface area contributed by atoms with Gasteiger partial charge in [-0.15, -0.1) is 0 Å². The van der Waals surface area contributed by atoms with Crippen molar-refractivity contribution < 1.29 is 19.1 Å². The highest BCUT2D eigenvalue weighted by molar-refractivity contribution is 5.94. The number of halogens is 1. The molecular formula is C14H18FN3O3. The number of amides is 1. The van der Waals surface area contributed by atoms with E-state index in [1.807, 2.05) is 0 Å². The minimum Gasteiger partial charge on any atom is -0.480 e. The molecule has 1 unspecified atom stereocenters. The van der Waals surface area contributed by atoms with Crippen molar-refractivity contribution in [3.05, 3.63) is 29.8 Å². The summed E-state index contributed by atoms with van der Waals surface area (Å²) in [5, 5.41) is 11.4. The van der Waals surface area contributed by atoms with Crippen molar-refractivity contribution in [2.45, 2.75) is 12.8 Å². The minimum atomic E-state index is -0.905. The summed E-state index contributed by atoms with van der Waals surface area (Å²) in [6.45, 7) is 1.54. The third-order valence-corrected chi connectivity index (χ3v) is 3.52. The van der Waals surface area contributed by atoms with Crippen LogP contribution >= 0.6 is 0 Å².